The molecule has 19 heavy (non-hydrogen) atoms. The highest BCUT2D eigenvalue weighted by Gasteiger charge is 2.38. The normalized spacial score (nSPS) is 34.4. The van der Waals surface area contributed by atoms with Crippen molar-refractivity contribution >= 4 is 15.7 Å². The Morgan fingerprint density at radius 3 is 2.58 bits per heavy atom. The molecule has 0 bridgehead atoms. The van der Waals surface area contributed by atoms with E-state index in [4.69, 9.17) is 0 Å². The molecule has 2 fully saturated rings. The molecule has 2 heterocycles. The Hall–Kier alpha value is -0.620. The number of hydrogen-bond acceptors (Lipinski definition) is 4. The van der Waals surface area contributed by atoms with Gasteiger partial charge in [0.2, 0.25) is 5.91 Å². The van der Waals surface area contributed by atoms with Gasteiger partial charge >= 0.3 is 0 Å². The molecule has 110 valence electrons. The van der Waals surface area contributed by atoms with Gasteiger partial charge in [-0.15, -0.1) is 0 Å². The van der Waals surface area contributed by atoms with Crippen LogP contribution in [-0.2, 0) is 14.6 Å². The predicted octanol–water partition coefficient (Wildman–Crippen LogP) is 0.410. The lowest BCUT2D eigenvalue weighted by Crippen LogP contribution is -2.59. The fraction of sp³-hybridized carbons (Fsp3) is 0.923. The maximum absolute atomic E-state index is 12.6. The summed E-state index contributed by atoms with van der Waals surface area (Å²) < 4.78 is 23.0. The first kappa shape index (κ1) is 14.8. The summed E-state index contributed by atoms with van der Waals surface area (Å²) in [5, 5.41) is 3.45. The van der Waals surface area contributed by atoms with E-state index in [0.717, 1.165) is 19.4 Å². The molecule has 0 aromatic heterocycles. The SMILES string of the molecule is CCC1CN(C(=O)C2CCS(=O)(=O)C2)C(CC)CN1. The molecular weight excluding hydrogens is 264 g/mol. The van der Waals surface area contributed by atoms with Gasteiger partial charge in [0.15, 0.2) is 9.84 Å². The quantitative estimate of drug-likeness (QED) is 0.817. The molecule has 6 heteroatoms. The van der Waals surface area contributed by atoms with Gasteiger partial charge in [-0.25, -0.2) is 8.42 Å². The van der Waals surface area contributed by atoms with E-state index in [9.17, 15) is 13.2 Å². The molecule has 0 aromatic rings. The van der Waals surface area contributed by atoms with Gasteiger partial charge in [-0.05, 0) is 19.3 Å². The zero-order valence-electron chi connectivity index (χ0n) is 11.8. The van der Waals surface area contributed by atoms with Crippen molar-refractivity contribution in [3.63, 3.8) is 0 Å². The summed E-state index contributed by atoms with van der Waals surface area (Å²) in [7, 11) is -2.99. The highest BCUT2D eigenvalue weighted by molar-refractivity contribution is 7.91. The van der Waals surface area contributed by atoms with Crippen LogP contribution in [0.1, 0.15) is 33.1 Å². The maximum atomic E-state index is 12.6. The lowest BCUT2D eigenvalue weighted by molar-refractivity contribution is -0.138. The van der Waals surface area contributed by atoms with Gasteiger partial charge < -0.3 is 10.2 Å². The molecule has 0 aromatic carbocycles. The first-order valence-corrected chi connectivity index (χ1v) is 9.03. The van der Waals surface area contributed by atoms with E-state index < -0.39 is 9.84 Å². The van der Waals surface area contributed by atoms with Crippen LogP contribution in [0.3, 0.4) is 0 Å². The van der Waals surface area contributed by atoms with Gasteiger partial charge in [0.05, 0.1) is 17.4 Å². The van der Waals surface area contributed by atoms with Crippen molar-refractivity contribution in [1.82, 2.24) is 10.2 Å². The minimum absolute atomic E-state index is 0.0446. The van der Waals surface area contributed by atoms with Crippen molar-refractivity contribution in [2.75, 3.05) is 24.6 Å². The van der Waals surface area contributed by atoms with Gasteiger partial charge in [-0.2, -0.15) is 0 Å². The Balaban J connectivity index is 2.07. The number of rotatable bonds is 3. The van der Waals surface area contributed by atoms with Crippen LogP contribution in [0, 0.1) is 5.92 Å². The molecule has 2 saturated heterocycles. The summed E-state index contributed by atoms with van der Waals surface area (Å²) in [6, 6.07) is 0.545. The predicted molar refractivity (Wildman–Crippen MR) is 74.6 cm³/mol. The van der Waals surface area contributed by atoms with Crippen molar-refractivity contribution in [1.29, 1.82) is 0 Å². The standard InChI is InChI=1S/C13H24N2O3S/c1-3-11-8-15(12(4-2)7-14-11)13(16)10-5-6-19(17,18)9-10/h10-12,14H,3-9H2,1-2H3. The van der Waals surface area contributed by atoms with Crippen molar-refractivity contribution in [2.45, 2.75) is 45.2 Å². The van der Waals surface area contributed by atoms with E-state index >= 15 is 0 Å². The van der Waals surface area contributed by atoms with Crippen molar-refractivity contribution in [3.8, 4) is 0 Å². The number of sulfone groups is 1. The molecule has 1 N–H and O–H groups in total. The van der Waals surface area contributed by atoms with E-state index in [0.29, 0.717) is 19.0 Å². The number of nitrogens with zero attached hydrogens (tertiary/aromatic N) is 1. The van der Waals surface area contributed by atoms with Crippen LogP contribution in [-0.4, -0.2) is 55.9 Å². The zero-order chi connectivity index (χ0) is 14.0. The monoisotopic (exact) mass is 288 g/mol. The van der Waals surface area contributed by atoms with Gasteiger partial charge in [0, 0.05) is 25.2 Å². The molecule has 5 nitrogen and oxygen atoms in total. The number of hydrogen-bond donors (Lipinski definition) is 1. The Kier molecular flexibility index (Phi) is 4.50. The second kappa shape index (κ2) is 5.79. The largest absolute Gasteiger partial charge is 0.337 e. The van der Waals surface area contributed by atoms with Crippen LogP contribution in [0.2, 0.25) is 0 Å². The summed E-state index contributed by atoms with van der Waals surface area (Å²) >= 11 is 0. The Morgan fingerprint density at radius 1 is 1.32 bits per heavy atom. The summed E-state index contributed by atoms with van der Waals surface area (Å²) in [5.41, 5.74) is 0. The minimum Gasteiger partial charge on any atom is -0.337 e. The van der Waals surface area contributed by atoms with Crippen LogP contribution in [0.15, 0.2) is 0 Å². The van der Waals surface area contributed by atoms with Gasteiger partial charge in [-0.1, -0.05) is 13.8 Å². The van der Waals surface area contributed by atoms with Gasteiger partial charge in [-0.3, -0.25) is 4.79 Å². The molecule has 1 amide bonds. The van der Waals surface area contributed by atoms with Crippen LogP contribution < -0.4 is 5.32 Å². The third-order valence-corrected chi connectivity index (χ3v) is 6.10. The third-order valence-electron chi connectivity index (χ3n) is 4.33. The molecule has 2 rings (SSSR count). The fourth-order valence-electron chi connectivity index (χ4n) is 3.00. The smallest absolute Gasteiger partial charge is 0.227 e. The second-order valence-corrected chi connectivity index (χ2v) is 7.89. The van der Waals surface area contributed by atoms with E-state index in [-0.39, 0.29) is 29.4 Å². The van der Waals surface area contributed by atoms with E-state index in [1.807, 2.05) is 4.90 Å². The molecule has 0 aliphatic carbocycles. The number of carbonyl (C=O) groups excluding carboxylic acids is 1. The van der Waals surface area contributed by atoms with E-state index in [2.05, 4.69) is 19.2 Å². The lowest BCUT2D eigenvalue weighted by Gasteiger charge is -2.41. The Morgan fingerprint density at radius 2 is 2.05 bits per heavy atom. The molecule has 2 aliphatic rings. The molecule has 3 atom stereocenters. The molecule has 0 spiro atoms. The van der Waals surface area contributed by atoms with Crippen LogP contribution in [0.25, 0.3) is 0 Å². The van der Waals surface area contributed by atoms with Crippen LogP contribution in [0.5, 0.6) is 0 Å². The number of piperazine rings is 1. The van der Waals surface area contributed by atoms with Crippen molar-refractivity contribution < 1.29 is 13.2 Å². The summed E-state index contributed by atoms with van der Waals surface area (Å²) in [5.74, 6) is -0.0468. The zero-order valence-corrected chi connectivity index (χ0v) is 12.6. The topological polar surface area (TPSA) is 66.5 Å². The van der Waals surface area contributed by atoms with Crippen LogP contribution >= 0.6 is 0 Å². The highest BCUT2D eigenvalue weighted by Crippen LogP contribution is 2.23. The molecular formula is C13H24N2O3S. The molecule has 2 aliphatic heterocycles. The Labute approximate surface area is 115 Å². The van der Waals surface area contributed by atoms with Gasteiger partial charge in [0.25, 0.3) is 0 Å². The van der Waals surface area contributed by atoms with Crippen LogP contribution in [0.4, 0.5) is 0 Å². The summed E-state index contributed by atoms with van der Waals surface area (Å²) in [6.07, 6.45) is 2.40. The number of amides is 1. The average molecular weight is 288 g/mol. The first-order chi connectivity index (χ1) is 8.96. The number of nitrogens with one attached hydrogen (secondary N) is 1. The first-order valence-electron chi connectivity index (χ1n) is 7.21. The molecule has 3 unspecified atom stereocenters. The Bertz CT molecular complexity index is 435. The molecule has 0 saturated carbocycles. The third kappa shape index (κ3) is 3.28. The lowest BCUT2D eigenvalue weighted by atomic mass is 10.0. The minimum atomic E-state index is -2.99. The number of carbonyl (C=O) groups is 1. The maximum Gasteiger partial charge on any atom is 0.227 e. The van der Waals surface area contributed by atoms with E-state index in [1.54, 1.807) is 0 Å². The summed E-state index contributed by atoms with van der Waals surface area (Å²) in [4.78, 5) is 14.5. The fourth-order valence-corrected chi connectivity index (χ4v) is 4.73. The van der Waals surface area contributed by atoms with E-state index in [1.165, 1.54) is 0 Å². The average Bonchev–Trinajstić information content (AvgIpc) is 2.77. The summed E-state index contributed by atoms with van der Waals surface area (Å²) in [6.45, 7) is 5.71. The van der Waals surface area contributed by atoms with Gasteiger partial charge in [0.1, 0.15) is 0 Å². The van der Waals surface area contributed by atoms with Crippen molar-refractivity contribution in [3.05, 3.63) is 0 Å². The van der Waals surface area contributed by atoms with Crippen molar-refractivity contribution in [2.24, 2.45) is 5.92 Å². The molecule has 0 radical (unpaired) electrons. The second-order valence-electron chi connectivity index (χ2n) is 5.67. The highest BCUT2D eigenvalue weighted by atomic mass is 32.2.